The zero-order valence-electron chi connectivity index (χ0n) is 11.6. The number of rotatable bonds is 3. The number of amides is 2. The second-order valence-electron chi connectivity index (χ2n) is 5.70. The van der Waals surface area contributed by atoms with Crippen LogP contribution in [0.15, 0.2) is 0 Å². The third-order valence-corrected chi connectivity index (χ3v) is 4.54. The highest BCUT2D eigenvalue weighted by Crippen LogP contribution is 2.27. The minimum atomic E-state index is -0.886. The van der Waals surface area contributed by atoms with Crippen molar-refractivity contribution in [3.63, 3.8) is 0 Å². The molecular formula is C14H24N2O3. The maximum atomic E-state index is 12.2. The average Bonchev–Trinajstić information content (AvgIpc) is 2.88. The van der Waals surface area contributed by atoms with Crippen LogP contribution in [0.25, 0.3) is 0 Å². The Bertz CT molecular complexity index is 346. The number of nitrogens with one attached hydrogen (secondary N) is 1. The number of nitrogens with zero attached hydrogens (tertiary/aromatic N) is 1. The van der Waals surface area contributed by atoms with E-state index >= 15 is 0 Å². The summed E-state index contributed by atoms with van der Waals surface area (Å²) < 4.78 is 0. The van der Waals surface area contributed by atoms with Crippen LogP contribution in [0, 0.1) is 5.92 Å². The summed E-state index contributed by atoms with van der Waals surface area (Å²) >= 11 is 0. The molecule has 2 aliphatic rings. The molecule has 2 rings (SSSR count). The lowest BCUT2D eigenvalue weighted by Crippen LogP contribution is -2.51. The van der Waals surface area contributed by atoms with Crippen molar-refractivity contribution in [1.29, 1.82) is 0 Å². The van der Waals surface area contributed by atoms with Crippen molar-refractivity contribution in [2.24, 2.45) is 5.92 Å². The van der Waals surface area contributed by atoms with Crippen molar-refractivity contribution >= 4 is 12.0 Å². The van der Waals surface area contributed by atoms with Gasteiger partial charge in [0.1, 0.15) is 6.04 Å². The Balaban J connectivity index is 1.94. The van der Waals surface area contributed by atoms with Crippen molar-refractivity contribution in [3.8, 4) is 0 Å². The summed E-state index contributed by atoms with van der Waals surface area (Å²) in [5, 5.41) is 12.2. The van der Waals surface area contributed by atoms with E-state index in [1.54, 1.807) is 0 Å². The summed E-state index contributed by atoms with van der Waals surface area (Å²) in [6.45, 7) is 2.72. The van der Waals surface area contributed by atoms with Gasteiger partial charge in [0.25, 0.3) is 0 Å². The summed E-state index contributed by atoms with van der Waals surface area (Å²) in [5.74, 6) is -0.341. The van der Waals surface area contributed by atoms with Gasteiger partial charge in [0.05, 0.1) is 0 Å². The predicted molar refractivity (Wildman–Crippen MR) is 71.9 cm³/mol. The maximum absolute atomic E-state index is 12.2. The van der Waals surface area contributed by atoms with E-state index in [9.17, 15) is 9.59 Å². The molecule has 1 aliphatic carbocycles. The molecule has 0 bridgehead atoms. The Morgan fingerprint density at radius 3 is 2.63 bits per heavy atom. The van der Waals surface area contributed by atoms with Crippen LogP contribution in [0.1, 0.15) is 51.9 Å². The molecule has 5 nitrogen and oxygen atoms in total. The van der Waals surface area contributed by atoms with Gasteiger partial charge in [-0.1, -0.05) is 26.2 Å². The van der Waals surface area contributed by atoms with Gasteiger partial charge in [0, 0.05) is 12.6 Å². The van der Waals surface area contributed by atoms with Crippen LogP contribution in [0.5, 0.6) is 0 Å². The van der Waals surface area contributed by atoms with Gasteiger partial charge in [0.2, 0.25) is 0 Å². The summed E-state index contributed by atoms with van der Waals surface area (Å²) in [6.07, 6.45) is 7.03. The van der Waals surface area contributed by atoms with Crippen LogP contribution >= 0.6 is 0 Å². The van der Waals surface area contributed by atoms with E-state index in [2.05, 4.69) is 12.2 Å². The number of carbonyl (C=O) groups is 2. The lowest BCUT2D eigenvalue weighted by atomic mass is 9.83. The van der Waals surface area contributed by atoms with Gasteiger partial charge in [-0.2, -0.15) is 0 Å². The number of hydrogen-bond donors (Lipinski definition) is 2. The fourth-order valence-electron chi connectivity index (χ4n) is 3.39. The van der Waals surface area contributed by atoms with Gasteiger partial charge in [-0.05, 0) is 31.6 Å². The average molecular weight is 268 g/mol. The third-order valence-electron chi connectivity index (χ3n) is 4.54. The first kappa shape index (κ1) is 14.2. The van der Waals surface area contributed by atoms with Crippen LogP contribution in [-0.2, 0) is 4.79 Å². The van der Waals surface area contributed by atoms with Crippen LogP contribution in [0.3, 0.4) is 0 Å². The molecule has 2 unspecified atom stereocenters. The largest absolute Gasteiger partial charge is 0.480 e. The molecule has 1 saturated heterocycles. The van der Waals surface area contributed by atoms with Gasteiger partial charge in [0.15, 0.2) is 0 Å². The van der Waals surface area contributed by atoms with Crippen molar-refractivity contribution in [1.82, 2.24) is 10.2 Å². The molecule has 2 N–H and O–H groups in total. The molecule has 0 spiro atoms. The SMILES string of the molecule is CCC1CCCCC1NC(=O)N1CCC[C@H]1C(=O)O. The van der Waals surface area contributed by atoms with Crippen LogP contribution < -0.4 is 5.32 Å². The zero-order valence-corrected chi connectivity index (χ0v) is 11.6. The molecule has 2 fully saturated rings. The number of carbonyl (C=O) groups excluding carboxylic acids is 1. The number of hydrogen-bond acceptors (Lipinski definition) is 2. The summed E-state index contributed by atoms with van der Waals surface area (Å²) in [5.41, 5.74) is 0. The van der Waals surface area contributed by atoms with Gasteiger partial charge >= 0.3 is 12.0 Å². The first-order valence-corrected chi connectivity index (χ1v) is 7.43. The number of likely N-dealkylation sites (tertiary alicyclic amines) is 1. The molecule has 1 heterocycles. The monoisotopic (exact) mass is 268 g/mol. The standard InChI is InChI=1S/C14H24N2O3/c1-2-10-6-3-4-7-11(10)15-14(19)16-9-5-8-12(16)13(17)18/h10-12H,2-9H2,1H3,(H,15,19)(H,17,18)/t10?,11?,12-/m0/s1. The predicted octanol–water partition coefficient (Wildman–Crippen LogP) is 2.21. The Labute approximate surface area is 114 Å². The van der Waals surface area contributed by atoms with Crippen molar-refractivity contribution < 1.29 is 14.7 Å². The normalized spacial score (nSPS) is 31.2. The quantitative estimate of drug-likeness (QED) is 0.824. The highest BCUT2D eigenvalue weighted by Gasteiger charge is 2.35. The molecule has 19 heavy (non-hydrogen) atoms. The fourth-order valence-corrected chi connectivity index (χ4v) is 3.39. The van der Waals surface area contributed by atoms with E-state index in [-0.39, 0.29) is 12.1 Å². The Hall–Kier alpha value is -1.26. The highest BCUT2D eigenvalue weighted by atomic mass is 16.4. The molecule has 108 valence electrons. The topological polar surface area (TPSA) is 69.6 Å². The van der Waals surface area contributed by atoms with E-state index in [0.717, 1.165) is 25.7 Å². The minimum Gasteiger partial charge on any atom is -0.480 e. The summed E-state index contributed by atoms with van der Waals surface area (Å²) in [4.78, 5) is 24.8. The smallest absolute Gasteiger partial charge is 0.326 e. The Morgan fingerprint density at radius 2 is 1.95 bits per heavy atom. The van der Waals surface area contributed by atoms with Crippen molar-refractivity contribution in [3.05, 3.63) is 0 Å². The number of urea groups is 1. The van der Waals surface area contributed by atoms with Gasteiger partial charge in [-0.15, -0.1) is 0 Å². The molecule has 0 radical (unpaired) electrons. The second kappa shape index (κ2) is 6.26. The van der Waals surface area contributed by atoms with E-state index in [0.29, 0.717) is 18.9 Å². The minimum absolute atomic E-state index is 0.185. The molecule has 5 heteroatoms. The number of carboxylic acids is 1. The van der Waals surface area contributed by atoms with Crippen LogP contribution in [0.2, 0.25) is 0 Å². The molecular weight excluding hydrogens is 244 g/mol. The van der Waals surface area contributed by atoms with Gasteiger partial charge < -0.3 is 15.3 Å². The van der Waals surface area contributed by atoms with Gasteiger partial charge in [-0.3, -0.25) is 0 Å². The molecule has 0 aromatic carbocycles. The van der Waals surface area contributed by atoms with Crippen LogP contribution in [0.4, 0.5) is 4.79 Å². The lowest BCUT2D eigenvalue weighted by Gasteiger charge is -2.33. The van der Waals surface area contributed by atoms with E-state index in [1.165, 1.54) is 17.7 Å². The maximum Gasteiger partial charge on any atom is 0.326 e. The molecule has 1 aliphatic heterocycles. The van der Waals surface area contributed by atoms with Crippen molar-refractivity contribution in [2.45, 2.75) is 64.0 Å². The first-order chi connectivity index (χ1) is 9.13. The number of carboxylic acid groups (broad SMARTS) is 1. The van der Waals surface area contributed by atoms with E-state index in [1.807, 2.05) is 0 Å². The first-order valence-electron chi connectivity index (χ1n) is 7.43. The summed E-state index contributed by atoms with van der Waals surface area (Å²) in [7, 11) is 0. The lowest BCUT2D eigenvalue weighted by molar-refractivity contribution is -0.141. The molecule has 0 aromatic rings. The molecule has 0 aromatic heterocycles. The van der Waals surface area contributed by atoms with E-state index in [4.69, 9.17) is 5.11 Å². The van der Waals surface area contributed by atoms with Crippen molar-refractivity contribution in [2.75, 3.05) is 6.54 Å². The molecule has 1 saturated carbocycles. The second-order valence-corrected chi connectivity index (χ2v) is 5.70. The third kappa shape index (κ3) is 3.19. The fraction of sp³-hybridized carbons (Fsp3) is 0.857. The van der Waals surface area contributed by atoms with Crippen LogP contribution in [-0.4, -0.2) is 40.6 Å². The van der Waals surface area contributed by atoms with E-state index < -0.39 is 12.0 Å². The zero-order chi connectivity index (χ0) is 13.8. The molecule has 2 amide bonds. The van der Waals surface area contributed by atoms with Gasteiger partial charge in [-0.25, -0.2) is 9.59 Å². The molecule has 3 atom stereocenters. The summed E-state index contributed by atoms with van der Waals surface area (Å²) in [6, 6.07) is -0.597. The Kier molecular flexibility index (Phi) is 4.66. The Morgan fingerprint density at radius 1 is 1.21 bits per heavy atom. The number of aliphatic carboxylic acids is 1. The highest BCUT2D eigenvalue weighted by molar-refractivity contribution is 5.83.